The molecule has 0 atom stereocenters. The summed E-state index contributed by atoms with van der Waals surface area (Å²) in [4.78, 5) is 16.8. The standard InChI is InChI=1S/C16H13ClFN3O2/c1-9-4-5-21-14(6-9)20-15(11(8-22)16(21)23)19-10-2-3-13(18)12(17)7-10/h2-7,19,22H,8H2,1H3. The molecule has 0 fully saturated rings. The summed E-state index contributed by atoms with van der Waals surface area (Å²) in [6.45, 7) is 1.42. The summed E-state index contributed by atoms with van der Waals surface area (Å²) in [5.41, 5.74) is 1.61. The number of hydrogen-bond acceptors (Lipinski definition) is 4. The van der Waals surface area contributed by atoms with Crippen molar-refractivity contribution in [1.82, 2.24) is 9.38 Å². The second-order valence-corrected chi connectivity index (χ2v) is 5.50. The van der Waals surface area contributed by atoms with Crippen LogP contribution < -0.4 is 10.9 Å². The summed E-state index contributed by atoms with van der Waals surface area (Å²) in [5, 5.41) is 12.4. The molecule has 118 valence electrons. The highest BCUT2D eigenvalue weighted by atomic mass is 35.5. The quantitative estimate of drug-likeness (QED) is 0.773. The van der Waals surface area contributed by atoms with Gasteiger partial charge in [-0.1, -0.05) is 11.6 Å². The first-order valence-electron chi connectivity index (χ1n) is 6.84. The number of rotatable bonds is 3. The molecule has 0 bridgehead atoms. The van der Waals surface area contributed by atoms with Crippen LogP contribution in [0.5, 0.6) is 0 Å². The Morgan fingerprint density at radius 1 is 1.35 bits per heavy atom. The molecule has 2 aromatic heterocycles. The van der Waals surface area contributed by atoms with E-state index in [-0.39, 0.29) is 22.0 Å². The van der Waals surface area contributed by atoms with Crippen molar-refractivity contribution in [2.45, 2.75) is 13.5 Å². The Bertz CT molecular complexity index is 956. The second kappa shape index (κ2) is 5.98. The Morgan fingerprint density at radius 2 is 2.13 bits per heavy atom. The van der Waals surface area contributed by atoms with E-state index in [1.807, 2.05) is 6.92 Å². The number of aliphatic hydroxyl groups excluding tert-OH is 1. The molecule has 7 heteroatoms. The van der Waals surface area contributed by atoms with Crippen LogP contribution in [0.1, 0.15) is 11.1 Å². The number of fused-ring (bicyclic) bond motifs is 1. The van der Waals surface area contributed by atoms with Gasteiger partial charge in [0.1, 0.15) is 17.3 Å². The minimum absolute atomic E-state index is 0.0473. The summed E-state index contributed by atoms with van der Waals surface area (Å²) in [7, 11) is 0. The van der Waals surface area contributed by atoms with Crippen LogP contribution in [0, 0.1) is 12.7 Å². The third-order valence-electron chi connectivity index (χ3n) is 3.42. The lowest BCUT2D eigenvalue weighted by Crippen LogP contribution is -2.22. The van der Waals surface area contributed by atoms with Crippen LogP contribution in [0.3, 0.4) is 0 Å². The first kappa shape index (κ1) is 15.5. The van der Waals surface area contributed by atoms with E-state index in [2.05, 4.69) is 10.3 Å². The van der Waals surface area contributed by atoms with Crippen LogP contribution in [0.2, 0.25) is 5.02 Å². The minimum atomic E-state index is -0.540. The van der Waals surface area contributed by atoms with Gasteiger partial charge in [0.25, 0.3) is 5.56 Å². The maximum absolute atomic E-state index is 13.2. The van der Waals surface area contributed by atoms with Crippen molar-refractivity contribution in [3.63, 3.8) is 0 Å². The molecule has 0 aliphatic carbocycles. The number of halogens is 2. The van der Waals surface area contributed by atoms with Crippen LogP contribution in [0.25, 0.3) is 5.65 Å². The number of anilines is 2. The number of pyridine rings is 1. The molecule has 0 amide bonds. The molecular formula is C16H13ClFN3O2. The normalized spacial score (nSPS) is 11.0. The van der Waals surface area contributed by atoms with E-state index in [1.165, 1.54) is 22.6 Å². The number of benzene rings is 1. The molecule has 0 saturated heterocycles. The summed E-state index contributed by atoms with van der Waals surface area (Å²) < 4.78 is 14.6. The Labute approximate surface area is 136 Å². The summed E-state index contributed by atoms with van der Waals surface area (Å²) >= 11 is 5.75. The van der Waals surface area contributed by atoms with Gasteiger partial charge in [-0.05, 0) is 42.8 Å². The number of nitrogens with zero attached hydrogens (tertiary/aromatic N) is 2. The van der Waals surface area contributed by atoms with Gasteiger partial charge in [0.15, 0.2) is 0 Å². The fourth-order valence-electron chi connectivity index (χ4n) is 2.23. The lowest BCUT2D eigenvalue weighted by Gasteiger charge is -2.12. The van der Waals surface area contributed by atoms with Crippen LogP contribution in [0.4, 0.5) is 15.9 Å². The zero-order chi connectivity index (χ0) is 16.6. The Morgan fingerprint density at radius 3 is 2.83 bits per heavy atom. The number of hydrogen-bond donors (Lipinski definition) is 2. The SMILES string of the molecule is Cc1ccn2c(=O)c(CO)c(Nc3ccc(F)c(Cl)c3)nc2c1. The zero-order valence-electron chi connectivity index (χ0n) is 12.2. The van der Waals surface area contributed by atoms with E-state index >= 15 is 0 Å². The Kier molecular flexibility index (Phi) is 4.02. The van der Waals surface area contributed by atoms with Gasteiger partial charge in [-0.2, -0.15) is 0 Å². The molecule has 1 aromatic carbocycles. The Balaban J connectivity index is 2.15. The van der Waals surface area contributed by atoms with Crippen molar-refractivity contribution < 1.29 is 9.50 Å². The molecule has 2 heterocycles. The molecule has 2 N–H and O–H groups in total. The van der Waals surface area contributed by atoms with Gasteiger partial charge in [-0.15, -0.1) is 0 Å². The van der Waals surface area contributed by atoms with E-state index < -0.39 is 12.4 Å². The molecular weight excluding hydrogens is 321 g/mol. The van der Waals surface area contributed by atoms with Crippen molar-refractivity contribution in [1.29, 1.82) is 0 Å². The fraction of sp³-hybridized carbons (Fsp3) is 0.125. The van der Waals surface area contributed by atoms with E-state index in [4.69, 9.17) is 11.6 Å². The Hall–Kier alpha value is -2.44. The number of aromatic nitrogens is 2. The van der Waals surface area contributed by atoms with Crippen molar-refractivity contribution in [2.24, 2.45) is 0 Å². The van der Waals surface area contributed by atoms with E-state index in [9.17, 15) is 14.3 Å². The van der Waals surface area contributed by atoms with Crippen molar-refractivity contribution >= 4 is 28.8 Å². The smallest absolute Gasteiger partial charge is 0.265 e. The van der Waals surface area contributed by atoms with E-state index in [1.54, 1.807) is 18.3 Å². The fourth-order valence-corrected chi connectivity index (χ4v) is 2.41. The highest BCUT2D eigenvalue weighted by Crippen LogP contribution is 2.23. The molecule has 23 heavy (non-hydrogen) atoms. The van der Waals surface area contributed by atoms with Crippen molar-refractivity contribution in [3.8, 4) is 0 Å². The molecule has 0 spiro atoms. The zero-order valence-corrected chi connectivity index (χ0v) is 12.9. The summed E-state index contributed by atoms with van der Waals surface area (Å²) in [5.74, 6) is -0.326. The molecule has 3 rings (SSSR count). The van der Waals surface area contributed by atoms with E-state index in [0.29, 0.717) is 11.3 Å². The van der Waals surface area contributed by atoms with Crippen LogP contribution in [0.15, 0.2) is 41.3 Å². The maximum atomic E-state index is 13.2. The summed E-state index contributed by atoms with van der Waals surface area (Å²) in [6.07, 6.45) is 1.61. The lowest BCUT2D eigenvalue weighted by atomic mass is 10.2. The molecule has 0 saturated carbocycles. The molecule has 0 aliphatic rings. The third-order valence-corrected chi connectivity index (χ3v) is 3.71. The van der Waals surface area contributed by atoms with Gasteiger partial charge >= 0.3 is 0 Å². The van der Waals surface area contributed by atoms with Gasteiger partial charge in [0, 0.05) is 11.9 Å². The highest BCUT2D eigenvalue weighted by Gasteiger charge is 2.13. The number of aliphatic hydroxyl groups is 1. The lowest BCUT2D eigenvalue weighted by molar-refractivity contribution is 0.280. The predicted molar refractivity (Wildman–Crippen MR) is 86.8 cm³/mol. The van der Waals surface area contributed by atoms with Gasteiger partial charge < -0.3 is 10.4 Å². The van der Waals surface area contributed by atoms with Gasteiger partial charge in [-0.3, -0.25) is 9.20 Å². The minimum Gasteiger partial charge on any atom is -0.391 e. The van der Waals surface area contributed by atoms with Gasteiger partial charge in [0.05, 0.1) is 17.2 Å². The average molecular weight is 334 g/mol. The molecule has 0 aliphatic heterocycles. The monoisotopic (exact) mass is 333 g/mol. The second-order valence-electron chi connectivity index (χ2n) is 5.09. The molecule has 5 nitrogen and oxygen atoms in total. The first-order valence-corrected chi connectivity index (χ1v) is 7.22. The van der Waals surface area contributed by atoms with Gasteiger partial charge in [-0.25, -0.2) is 9.37 Å². The number of aryl methyl sites for hydroxylation is 1. The van der Waals surface area contributed by atoms with Crippen LogP contribution in [-0.2, 0) is 6.61 Å². The predicted octanol–water partition coefficient (Wildman–Crippen LogP) is 3.03. The maximum Gasteiger partial charge on any atom is 0.265 e. The third kappa shape index (κ3) is 2.91. The number of nitrogens with one attached hydrogen (secondary N) is 1. The molecule has 0 unspecified atom stereocenters. The summed E-state index contributed by atoms with van der Waals surface area (Å²) in [6, 6.07) is 7.61. The molecule has 3 aromatic rings. The van der Waals surface area contributed by atoms with E-state index in [0.717, 1.165) is 5.56 Å². The topological polar surface area (TPSA) is 66.6 Å². The largest absolute Gasteiger partial charge is 0.391 e. The average Bonchev–Trinajstić information content (AvgIpc) is 2.51. The molecule has 0 radical (unpaired) electrons. The van der Waals surface area contributed by atoms with Crippen molar-refractivity contribution in [2.75, 3.05) is 5.32 Å². The van der Waals surface area contributed by atoms with Crippen molar-refractivity contribution in [3.05, 3.63) is 68.8 Å². The van der Waals surface area contributed by atoms with Crippen LogP contribution >= 0.6 is 11.6 Å². The van der Waals surface area contributed by atoms with Gasteiger partial charge in [0.2, 0.25) is 0 Å². The van der Waals surface area contributed by atoms with Crippen LogP contribution in [-0.4, -0.2) is 14.5 Å². The first-order chi connectivity index (χ1) is 11.0. The highest BCUT2D eigenvalue weighted by molar-refractivity contribution is 6.31.